The SMILES string of the molecule is COc1cccc(C#C[C@H]2CC[C@H]3CN(c4nccnc4C#N)CCN32)c1. The Morgan fingerprint density at radius 1 is 1.19 bits per heavy atom. The fourth-order valence-corrected chi connectivity index (χ4v) is 3.91. The number of hydrogen-bond donors (Lipinski definition) is 0. The molecule has 4 rings (SSSR count). The maximum atomic E-state index is 9.28. The average Bonchev–Trinajstić information content (AvgIpc) is 3.14. The molecule has 0 N–H and O–H groups in total. The van der Waals surface area contributed by atoms with Crippen molar-refractivity contribution in [2.75, 3.05) is 31.6 Å². The lowest BCUT2D eigenvalue weighted by Crippen LogP contribution is -2.52. The standard InChI is InChI=1S/C21H21N5O/c1-27-19-4-2-3-16(13-19)5-6-17-7-8-18-15-25(11-12-26(17)18)21-20(14-22)23-9-10-24-21/h2-4,9-10,13,17-18H,7-8,11-12,15H2,1H3/t17-,18-/m0/s1. The molecular weight excluding hydrogens is 338 g/mol. The number of nitriles is 1. The van der Waals surface area contributed by atoms with E-state index in [4.69, 9.17) is 4.74 Å². The van der Waals surface area contributed by atoms with Crippen LogP contribution in [0, 0.1) is 23.2 Å². The van der Waals surface area contributed by atoms with Crippen LogP contribution in [0.5, 0.6) is 5.75 Å². The second-order valence-corrected chi connectivity index (χ2v) is 6.77. The average molecular weight is 359 g/mol. The molecule has 27 heavy (non-hydrogen) atoms. The Kier molecular flexibility index (Phi) is 4.91. The number of rotatable bonds is 2. The Balaban J connectivity index is 1.46. The molecule has 0 unspecified atom stereocenters. The first kappa shape index (κ1) is 17.3. The van der Waals surface area contributed by atoms with Gasteiger partial charge in [-0.15, -0.1) is 0 Å². The van der Waals surface area contributed by atoms with E-state index in [2.05, 4.69) is 37.7 Å². The summed E-state index contributed by atoms with van der Waals surface area (Å²) in [5, 5.41) is 9.28. The molecule has 0 aliphatic carbocycles. The summed E-state index contributed by atoms with van der Waals surface area (Å²) in [7, 11) is 1.67. The third-order valence-corrected chi connectivity index (χ3v) is 5.24. The number of anilines is 1. The minimum Gasteiger partial charge on any atom is -0.497 e. The van der Waals surface area contributed by atoms with Gasteiger partial charge in [0, 0.05) is 43.6 Å². The normalized spacial score (nSPS) is 21.7. The second kappa shape index (κ2) is 7.65. The van der Waals surface area contributed by atoms with Crippen LogP contribution in [0.1, 0.15) is 24.1 Å². The minimum atomic E-state index is 0.278. The summed E-state index contributed by atoms with van der Waals surface area (Å²) in [5.74, 6) is 8.28. The van der Waals surface area contributed by atoms with Crippen molar-refractivity contribution in [1.29, 1.82) is 5.26 Å². The van der Waals surface area contributed by atoms with Gasteiger partial charge in [-0.1, -0.05) is 17.9 Å². The van der Waals surface area contributed by atoms with E-state index in [0.717, 1.165) is 43.8 Å². The molecule has 6 heteroatoms. The van der Waals surface area contributed by atoms with Crippen molar-refractivity contribution in [2.45, 2.75) is 24.9 Å². The third-order valence-electron chi connectivity index (χ3n) is 5.24. The molecule has 2 aromatic rings. The summed E-state index contributed by atoms with van der Waals surface area (Å²) in [6.45, 7) is 2.62. The lowest BCUT2D eigenvalue weighted by molar-refractivity contribution is 0.202. The number of methoxy groups -OCH3 is 1. The van der Waals surface area contributed by atoms with Crippen molar-refractivity contribution < 1.29 is 4.74 Å². The van der Waals surface area contributed by atoms with Gasteiger partial charge in [0.15, 0.2) is 11.5 Å². The van der Waals surface area contributed by atoms with Gasteiger partial charge in [-0.25, -0.2) is 9.97 Å². The maximum absolute atomic E-state index is 9.28. The Hall–Kier alpha value is -3.09. The Bertz CT molecular complexity index is 926. The molecule has 0 bridgehead atoms. The predicted molar refractivity (Wildman–Crippen MR) is 102 cm³/mol. The molecule has 2 aliphatic rings. The second-order valence-electron chi connectivity index (χ2n) is 6.77. The van der Waals surface area contributed by atoms with Crippen molar-refractivity contribution in [2.24, 2.45) is 0 Å². The minimum absolute atomic E-state index is 0.278. The third kappa shape index (κ3) is 3.58. The van der Waals surface area contributed by atoms with Crippen LogP contribution in [-0.4, -0.2) is 53.7 Å². The van der Waals surface area contributed by atoms with E-state index in [0.29, 0.717) is 17.6 Å². The molecule has 3 heterocycles. The summed E-state index contributed by atoms with van der Waals surface area (Å²) >= 11 is 0. The zero-order valence-electron chi connectivity index (χ0n) is 15.3. The van der Waals surface area contributed by atoms with Gasteiger partial charge in [-0.05, 0) is 31.0 Å². The summed E-state index contributed by atoms with van der Waals surface area (Å²) in [5.41, 5.74) is 1.38. The summed E-state index contributed by atoms with van der Waals surface area (Å²) in [6.07, 6.45) is 5.40. The lowest BCUT2D eigenvalue weighted by Gasteiger charge is -2.39. The number of aromatic nitrogens is 2. The van der Waals surface area contributed by atoms with Gasteiger partial charge in [0.2, 0.25) is 0 Å². The lowest BCUT2D eigenvalue weighted by atomic mass is 10.1. The highest BCUT2D eigenvalue weighted by atomic mass is 16.5. The van der Waals surface area contributed by atoms with E-state index in [9.17, 15) is 5.26 Å². The molecular formula is C21H21N5O. The Morgan fingerprint density at radius 2 is 2.07 bits per heavy atom. The van der Waals surface area contributed by atoms with Crippen LogP contribution in [0.25, 0.3) is 0 Å². The van der Waals surface area contributed by atoms with Crippen LogP contribution in [0.4, 0.5) is 5.82 Å². The molecule has 1 aromatic carbocycles. The maximum Gasteiger partial charge on any atom is 0.183 e. The predicted octanol–water partition coefficient (Wildman–Crippen LogP) is 2.06. The van der Waals surface area contributed by atoms with Gasteiger partial charge in [0.1, 0.15) is 11.8 Å². The molecule has 0 amide bonds. The van der Waals surface area contributed by atoms with Crippen LogP contribution in [0.3, 0.4) is 0 Å². The van der Waals surface area contributed by atoms with Crippen LogP contribution in [0.15, 0.2) is 36.7 Å². The summed E-state index contributed by atoms with van der Waals surface area (Å²) in [6, 6.07) is 10.7. The van der Waals surface area contributed by atoms with Gasteiger partial charge < -0.3 is 9.64 Å². The highest BCUT2D eigenvalue weighted by molar-refractivity contribution is 5.50. The van der Waals surface area contributed by atoms with Crippen LogP contribution < -0.4 is 9.64 Å². The molecule has 6 nitrogen and oxygen atoms in total. The van der Waals surface area contributed by atoms with E-state index in [-0.39, 0.29) is 6.04 Å². The van der Waals surface area contributed by atoms with Gasteiger partial charge in [0.25, 0.3) is 0 Å². The smallest absolute Gasteiger partial charge is 0.183 e. The van der Waals surface area contributed by atoms with Crippen molar-refractivity contribution in [3.63, 3.8) is 0 Å². The molecule has 1 aromatic heterocycles. The quantitative estimate of drug-likeness (QED) is 0.765. The first-order valence-electron chi connectivity index (χ1n) is 9.16. The Morgan fingerprint density at radius 3 is 2.93 bits per heavy atom. The monoisotopic (exact) mass is 359 g/mol. The van der Waals surface area contributed by atoms with Gasteiger partial charge in [-0.2, -0.15) is 5.26 Å². The van der Waals surface area contributed by atoms with Gasteiger partial charge in [0.05, 0.1) is 13.2 Å². The fourth-order valence-electron chi connectivity index (χ4n) is 3.91. The highest BCUT2D eigenvalue weighted by Gasteiger charge is 2.37. The number of nitrogens with zero attached hydrogens (tertiary/aromatic N) is 5. The first-order valence-corrected chi connectivity index (χ1v) is 9.16. The summed E-state index contributed by atoms with van der Waals surface area (Å²) in [4.78, 5) is 13.2. The first-order chi connectivity index (χ1) is 13.3. The van der Waals surface area contributed by atoms with Crippen LogP contribution >= 0.6 is 0 Å². The number of piperazine rings is 1. The topological polar surface area (TPSA) is 65.3 Å². The molecule has 0 spiro atoms. The van der Waals surface area contributed by atoms with Crippen molar-refractivity contribution in [3.05, 3.63) is 47.9 Å². The van der Waals surface area contributed by atoms with Crippen molar-refractivity contribution >= 4 is 5.82 Å². The number of hydrogen-bond acceptors (Lipinski definition) is 6. The van der Waals surface area contributed by atoms with Gasteiger partial charge in [-0.3, -0.25) is 4.90 Å². The van der Waals surface area contributed by atoms with Crippen molar-refractivity contribution in [1.82, 2.24) is 14.9 Å². The summed E-state index contributed by atoms with van der Waals surface area (Å²) < 4.78 is 5.27. The highest BCUT2D eigenvalue weighted by Crippen LogP contribution is 2.29. The molecule has 2 aliphatic heterocycles. The zero-order valence-corrected chi connectivity index (χ0v) is 15.3. The fraction of sp³-hybridized carbons (Fsp3) is 0.381. The molecule has 0 saturated carbocycles. The molecule has 136 valence electrons. The van der Waals surface area contributed by atoms with Crippen LogP contribution in [0.2, 0.25) is 0 Å². The Labute approximate surface area is 159 Å². The molecule has 2 fully saturated rings. The molecule has 0 radical (unpaired) electrons. The van der Waals surface area contributed by atoms with Crippen LogP contribution in [-0.2, 0) is 0 Å². The van der Waals surface area contributed by atoms with Crippen molar-refractivity contribution in [3.8, 4) is 23.7 Å². The van der Waals surface area contributed by atoms with E-state index < -0.39 is 0 Å². The van der Waals surface area contributed by atoms with E-state index in [1.165, 1.54) is 0 Å². The number of benzene rings is 1. The number of fused-ring (bicyclic) bond motifs is 1. The van der Waals surface area contributed by atoms with Gasteiger partial charge >= 0.3 is 0 Å². The zero-order chi connectivity index (χ0) is 18.6. The van der Waals surface area contributed by atoms with E-state index in [1.807, 2.05) is 24.3 Å². The largest absolute Gasteiger partial charge is 0.497 e. The molecule has 2 saturated heterocycles. The van der Waals surface area contributed by atoms with E-state index in [1.54, 1.807) is 19.5 Å². The molecule has 2 atom stereocenters. The number of ether oxygens (including phenoxy) is 1. The van der Waals surface area contributed by atoms with E-state index >= 15 is 0 Å².